The van der Waals surface area contributed by atoms with Gasteiger partial charge in [0.15, 0.2) is 0 Å². The van der Waals surface area contributed by atoms with E-state index in [1.165, 1.54) is 6.20 Å². The summed E-state index contributed by atoms with van der Waals surface area (Å²) in [6, 6.07) is 0. The molecule has 0 aromatic carbocycles. The van der Waals surface area contributed by atoms with Gasteiger partial charge in [-0.1, -0.05) is 0 Å². The number of thioether (sulfide) groups is 1. The number of amides is 1. The number of rotatable bonds is 5. The largest absolute Gasteiger partial charge is 0.481 e. The molecule has 1 rings (SSSR count). The Morgan fingerprint density at radius 2 is 2.33 bits per heavy atom. The first-order valence-electron chi connectivity index (χ1n) is 4.16. The van der Waals surface area contributed by atoms with Crippen LogP contribution in [0.1, 0.15) is 0 Å². The molecule has 0 radical (unpaired) electrons. The van der Waals surface area contributed by atoms with Gasteiger partial charge in [-0.05, 0) is 0 Å². The molecule has 1 aromatic heterocycles. The fourth-order valence-corrected chi connectivity index (χ4v) is 1.45. The number of nitrogens with one attached hydrogen (secondary N) is 1. The van der Waals surface area contributed by atoms with E-state index >= 15 is 0 Å². The number of carboxylic acids is 1. The van der Waals surface area contributed by atoms with Gasteiger partial charge in [-0.15, -0.1) is 11.8 Å². The first kappa shape index (κ1) is 11.6. The van der Waals surface area contributed by atoms with Crippen LogP contribution >= 0.6 is 11.8 Å². The van der Waals surface area contributed by atoms with Crippen LogP contribution in [0.4, 0.5) is 5.69 Å². The number of nitrogens with zero attached hydrogens (tertiary/aromatic N) is 2. The minimum absolute atomic E-state index is 0.0690. The molecule has 1 aromatic rings. The Balaban J connectivity index is 2.27. The van der Waals surface area contributed by atoms with Crippen molar-refractivity contribution in [2.24, 2.45) is 7.05 Å². The van der Waals surface area contributed by atoms with Crippen molar-refractivity contribution in [3.05, 3.63) is 12.4 Å². The fraction of sp³-hybridized carbons (Fsp3) is 0.375. The molecule has 7 heteroatoms. The third-order valence-electron chi connectivity index (χ3n) is 1.45. The zero-order valence-corrected chi connectivity index (χ0v) is 8.95. The molecule has 0 bridgehead atoms. The molecular weight excluding hydrogens is 218 g/mol. The van der Waals surface area contributed by atoms with Crippen LogP contribution < -0.4 is 5.32 Å². The lowest BCUT2D eigenvalue weighted by Crippen LogP contribution is -2.15. The summed E-state index contributed by atoms with van der Waals surface area (Å²) in [4.78, 5) is 21.4. The summed E-state index contributed by atoms with van der Waals surface area (Å²) in [7, 11) is 1.74. The number of carboxylic acid groups (broad SMARTS) is 1. The quantitative estimate of drug-likeness (QED) is 0.752. The van der Waals surface area contributed by atoms with E-state index in [2.05, 4.69) is 10.4 Å². The van der Waals surface area contributed by atoms with E-state index in [1.807, 2.05) is 0 Å². The Labute approximate surface area is 90.7 Å². The van der Waals surface area contributed by atoms with Crippen molar-refractivity contribution in [3.8, 4) is 0 Å². The van der Waals surface area contributed by atoms with Crippen molar-refractivity contribution < 1.29 is 14.7 Å². The normalized spacial score (nSPS) is 9.93. The number of aryl methyl sites for hydroxylation is 1. The predicted molar refractivity (Wildman–Crippen MR) is 56.8 cm³/mol. The highest BCUT2D eigenvalue weighted by molar-refractivity contribution is 8.00. The molecule has 15 heavy (non-hydrogen) atoms. The number of hydrogen-bond acceptors (Lipinski definition) is 4. The maximum absolute atomic E-state index is 11.2. The van der Waals surface area contributed by atoms with Gasteiger partial charge in [0.2, 0.25) is 5.91 Å². The molecule has 0 fully saturated rings. The van der Waals surface area contributed by atoms with E-state index in [4.69, 9.17) is 5.11 Å². The summed E-state index contributed by atoms with van der Waals surface area (Å²) in [5.41, 5.74) is 0.610. The average Bonchev–Trinajstić information content (AvgIpc) is 2.50. The lowest BCUT2D eigenvalue weighted by atomic mass is 10.5. The minimum Gasteiger partial charge on any atom is -0.481 e. The molecule has 1 heterocycles. The van der Waals surface area contributed by atoms with Crippen molar-refractivity contribution in [2.45, 2.75) is 0 Å². The number of carbonyl (C=O) groups excluding carboxylic acids is 1. The second-order valence-corrected chi connectivity index (χ2v) is 3.82. The van der Waals surface area contributed by atoms with Gasteiger partial charge < -0.3 is 10.4 Å². The van der Waals surface area contributed by atoms with Gasteiger partial charge in [0.25, 0.3) is 0 Å². The second-order valence-electron chi connectivity index (χ2n) is 2.84. The first-order valence-corrected chi connectivity index (χ1v) is 5.31. The number of anilines is 1. The second kappa shape index (κ2) is 5.40. The van der Waals surface area contributed by atoms with E-state index in [-0.39, 0.29) is 17.4 Å². The highest BCUT2D eigenvalue weighted by atomic mass is 32.2. The summed E-state index contributed by atoms with van der Waals surface area (Å²) in [5, 5.41) is 14.8. The van der Waals surface area contributed by atoms with Gasteiger partial charge in [0.05, 0.1) is 23.4 Å². The van der Waals surface area contributed by atoms with Crippen LogP contribution in [0.3, 0.4) is 0 Å². The highest BCUT2D eigenvalue weighted by Gasteiger charge is 2.05. The first-order chi connectivity index (χ1) is 7.08. The van der Waals surface area contributed by atoms with Crippen LogP contribution in [0, 0.1) is 0 Å². The van der Waals surface area contributed by atoms with Crippen molar-refractivity contribution in [1.29, 1.82) is 0 Å². The van der Waals surface area contributed by atoms with Gasteiger partial charge in [0, 0.05) is 13.2 Å². The number of carbonyl (C=O) groups is 2. The van der Waals surface area contributed by atoms with Crippen LogP contribution in [-0.4, -0.2) is 38.3 Å². The Bertz CT molecular complexity index is 364. The Morgan fingerprint density at radius 3 is 2.87 bits per heavy atom. The Kier molecular flexibility index (Phi) is 4.17. The molecule has 0 spiro atoms. The smallest absolute Gasteiger partial charge is 0.313 e. The van der Waals surface area contributed by atoms with Crippen molar-refractivity contribution in [3.63, 3.8) is 0 Å². The maximum Gasteiger partial charge on any atom is 0.313 e. The zero-order chi connectivity index (χ0) is 11.3. The summed E-state index contributed by atoms with van der Waals surface area (Å²) in [5.74, 6) is -1.09. The maximum atomic E-state index is 11.2. The molecule has 0 saturated heterocycles. The van der Waals surface area contributed by atoms with Crippen LogP contribution in [0.15, 0.2) is 12.4 Å². The van der Waals surface area contributed by atoms with Gasteiger partial charge in [0.1, 0.15) is 0 Å². The minimum atomic E-state index is -0.922. The summed E-state index contributed by atoms with van der Waals surface area (Å²) in [6.45, 7) is 0. The molecule has 0 atom stereocenters. The van der Waals surface area contributed by atoms with Crippen LogP contribution in [0.25, 0.3) is 0 Å². The molecule has 0 aliphatic heterocycles. The Morgan fingerprint density at radius 1 is 1.60 bits per heavy atom. The van der Waals surface area contributed by atoms with Crippen molar-refractivity contribution in [1.82, 2.24) is 9.78 Å². The molecule has 2 N–H and O–H groups in total. The van der Waals surface area contributed by atoms with Crippen LogP contribution in [0.2, 0.25) is 0 Å². The van der Waals surface area contributed by atoms with Gasteiger partial charge in [-0.2, -0.15) is 5.10 Å². The molecule has 6 nitrogen and oxygen atoms in total. The van der Waals surface area contributed by atoms with E-state index in [1.54, 1.807) is 17.9 Å². The van der Waals surface area contributed by atoms with Crippen molar-refractivity contribution in [2.75, 3.05) is 16.8 Å². The monoisotopic (exact) mass is 229 g/mol. The van der Waals surface area contributed by atoms with E-state index < -0.39 is 5.97 Å². The third kappa shape index (κ3) is 4.50. The molecular formula is C8H11N3O3S. The molecule has 82 valence electrons. The summed E-state index contributed by atoms with van der Waals surface area (Å²) in [6.07, 6.45) is 3.19. The van der Waals surface area contributed by atoms with Crippen molar-refractivity contribution >= 4 is 29.3 Å². The number of aliphatic carboxylic acids is 1. The Hall–Kier alpha value is -1.50. The number of aromatic nitrogens is 2. The van der Waals surface area contributed by atoms with Gasteiger partial charge >= 0.3 is 5.97 Å². The molecule has 0 aliphatic rings. The molecule has 0 unspecified atom stereocenters. The van der Waals surface area contributed by atoms with Gasteiger partial charge in [-0.3, -0.25) is 14.3 Å². The number of hydrogen-bond donors (Lipinski definition) is 2. The molecule has 1 amide bonds. The highest BCUT2D eigenvalue weighted by Crippen LogP contribution is 2.05. The van der Waals surface area contributed by atoms with E-state index in [0.29, 0.717) is 5.69 Å². The lowest BCUT2D eigenvalue weighted by Gasteiger charge is -2.00. The standard InChI is InChI=1S/C8H11N3O3S/c1-11-3-6(2-9-11)10-7(12)4-15-5-8(13)14/h2-3H,4-5H2,1H3,(H,10,12)(H,13,14). The molecule has 0 saturated carbocycles. The fourth-order valence-electron chi connectivity index (χ4n) is 0.914. The van der Waals surface area contributed by atoms with E-state index in [9.17, 15) is 9.59 Å². The van der Waals surface area contributed by atoms with E-state index in [0.717, 1.165) is 11.8 Å². The third-order valence-corrected chi connectivity index (χ3v) is 2.36. The van der Waals surface area contributed by atoms with Crippen LogP contribution in [-0.2, 0) is 16.6 Å². The lowest BCUT2D eigenvalue weighted by molar-refractivity contribution is -0.133. The van der Waals surface area contributed by atoms with Crippen LogP contribution in [0.5, 0.6) is 0 Å². The SMILES string of the molecule is Cn1cc(NC(=O)CSCC(=O)O)cn1. The zero-order valence-electron chi connectivity index (χ0n) is 8.14. The topological polar surface area (TPSA) is 84.2 Å². The summed E-state index contributed by atoms with van der Waals surface area (Å²) < 4.78 is 1.57. The predicted octanol–water partition coefficient (Wildman–Crippen LogP) is 0.176. The summed E-state index contributed by atoms with van der Waals surface area (Å²) >= 11 is 1.06. The molecule has 0 aliphatic carbocycles. The van der Waals surface area contributed by atoms with Gasteiger partial charge in [-0.25, -0.2) is 0 Å². The average molecular weight is 229 g/mol.